The highest BCUT2D eigenvalue weighted by Gasteiger charge is 2.37. The molecule has 14 heavy (non-hydrogen) atoms. The SMILES string of the molecule is OCCNCC1CC1c1ccccc1. The summed E-state index contributed by atoms with van der Waals surface area (Å²) in [6.45, 7) is 2.00. The van der Waals surface area contributed by atoms with Crippen LogP contribution in [0.1, 0.15) is 17.9 Å². The molecule has 1 aromatic rings. The van der Waals surface area contributed by atoms with Crippen molar-refractivity contribution in [2.75, 3.05) is 19.7 Å². The number of aliphatic hydroxyl groups excluding tert-OH is 1. The molecule has 0 aromatic heterocycles. The zero-order chi connectivity index (χ0) is 9.80. The van der Waals surface area contributed by atoms with Crippen molar-refractivity contribution < 1.29 is 5.11 Å². The molecule has 1 aromatic carbocycles. The third kappa shape index (κ3) is 2.34. The highest BCUT2D eigenvalue weighted by atomic mass is 16.3. The molecule has 2 unspecified atom stereocenters. The van der Waals surface area contributed by atoms with Crippen LogP contribution in [0.3, 0.4) is 0 Å². The second-order valence-electron chi connectivity index (χ2n) is 3.94. The monoisotopic (exact) mass is 191 g/mol. The molecule has 2 nitrogen and oxygen atoms in total. The van der Waals surface area contributed by atoms with Crippen LogP contribution >= 0.6 is 0 Å². The maximum Gasteiger partial charge on any atom is 0.0555 e. The lowest BCUT2D eigenvalue weighted by molar-refractivity contribution is 0.291. The molecule has 2 heteroatoms. The standard InChI is InChI=1S/C12H17NO/c14-7-6-13-9-11-8-12(11)10-4-2-1-3-5-10/h1-5,11-14H,6-9H2. The van der Waals surface area contributed by atoms with Crippen molar-refractivity contribution in [1.29, 1.82) is 0 Å². The van der Waals surface area contributed by atoms with Gasteiger partial charge in [-0.25, -0.2) is 0 Å². The summed E-state index contributed by atoms with van der Waals surface area (Å²) >= 11 is 0. The molecule has 0 heterocycles. The van der Waals surface area contributed by atoms with E-state index in [1.807, 2.05) is 0 Å². The molecule has 0 bridgehead atoms. The van der Waals surface area contributed by atoms with Crippen molar-refractivity contribution in [2.45, 2.75) is 12.3 Å². The van der Waals surface area contributed by atoms with Crippen molar-refractivity contribution in [1.82, 2.24) is 5.32 Å². The smallest absolute Gasteiger partial charge is 0.0555 e. The zero-order valence-electron chi connectivity index (χ0n) is 8.32. The number of hydrogen-bond donors (Lipinski definition) is 2. The minimum Gasteiger partial charge on any atom is -0.395 e. The van der Waals surface area contributed by atoms with E-state index in [1.165, 1.54) is 12.0 Å². The minimum absolute atomic E-state index is 0.239. The van der Waals surface area contributed by atoms with Crippen LogP contribution in [0.4, 0.5) is 0 Å². The van der Waals surface area contributed by atoms with E-state index in [-0.39, 0.29) is 6.61 Å². The van der Waals surface area contributed by atoms with E-state index >= 15 is 0 Å². The number of rotatable bonds is 5. The predicted octanol–water partition coefficient (Wildman–Crippen LogP) is 1.37. The topological polar surface area (TPSA) is 32.3 Å². The summed E-state index contributed by atoms with van der Waals surface area (Å²) in [5, 5.41) is 11.9. The highest BCUT2D eigenvalue weighted by molar-refractivity contribution is 5.25. The number of hydrogen-bond acceptors (Lipinski definition) is 2. The van der Waals surface area contributed by atoms with Crippen LogP contribution in [0, 0.1) is 5.92 Å². The Bertz CT molecular complexity index is 273. The van der Waals surface area contributed by atoms with Gasteiger partial charge in [-0.3, -0.25) is 0 Å². The normalized spacial score (nSPS) is 24.9. The molecule has 0 amide bonds. The second-order valence-corrected chi connectivity index (χ2v) is 3.94. The van der Waals surface area contributed by atoms with Crippen LogP contribution < -0.4 is 5.32 Å². The Morgan fingerprint density at radius 2 is 2.07 bits per heavy atom. The largest absolute Gasteiger partial charge is 0.395 e. The van der Waals surface area contributed by atoms with Crippen LogP contribution in [-0.2, 0) is 0 Å². The quantitative estimate of drug-likeness (QED) is 0.689. The fourth-order valence-corrected chi connectivity index (χ4v) is 1.95. The lowest BCUT2D eigenvalue weighted by Crippen LogP contribution is -2.20. The molecule has 1 aliphatic rings. The van der Waals surface area contributed by atoms with Gasteiger partial charge in [0.05, 0.1) is 6.61 Å². The second kappa shape index (κ2) is 4.58. The molecule has 76 valence electrons. The molecular weight excluding hydrogens is 174 g/mol. The number of benzene rings is 1. The lowest BCUT2D eigenvalue weighted by Gasteiger charge is -2.01. The van der Waals surface area contributed by atoms with Crippen LogP contribution in [-0.4, -0.2) is 24.8 Å². The molecule has 0 spiro atoms. The van der Waals surface area contributed by atoms with E-state index in [0.29, 0.717) is 0 Å². The van der Waals surface area contributed by atoms with E-state index in [1.54, 1.807) is 0 Å². The molecule has 1 saturated carbocycles. The molecular formula is C12H17NO. The Morgan fingerprint density at radius 1 is 1.29 bits per heavy atom. The third-order valence-electron chi connectivity index (χ3n) is 2.85. The molecule has 1 fully saturated rings. The Morgan fingerprint density at radius 3 is 2.79 bits per heavy atom. The summed E-state index contributed by atoms with van der Waals surface area (Å²) in [6.07, 6.45) is 1.29. The van der Waals surface area contributed by atoms with E-state index in [2.05, 4.69) is 35.6 Å². The summed E-state index contributed by atoms with van der Waals surface area (Å²) in [5.41, 5.74) is 1.46. The van der Waals surface area contributed by atoms with E-state index in [4.69, 9.17) is 5.11 Å². The van der Waals surface area contributed by atoms with Crippen molar-refractivity contribution >= 4 is 0 Å². The van der Waals surface area contributed by atoms with Crippen molar-refractivity contribution in [3.8, 4) is 0 Å². The van der Waals surface area contributed by atoms with Crippen molar-refractivity contribution in [2.24, 2.45) is 5.92 Å². The van der Waals surface area contributed by atoms with E-state index in [0.717, 1.165) is 24.9 Å². The molecule has 0 aliphatic heterocycles. The maximum atomic E-state index is 8.62. The highest BCUT2D eigenvalue weighted by Crippen LogP contribution is 2.46. The van der Waals surface area contributed by atoms with Gasteiger partial charge in [0.25, 0.3) is 0 Å². The molecule has 2 atom stereocenters. The van der Waals surface area contributed by atoms with E-state index < -0.39 is 0 Å². The molecule has 1 aliphatic carbocycles. The summed E-state index contributed by atoms with van der Waals surface area (Å²) in [4.78, 5) is 0. The third-order valence-corrected chi connectivity index (χ3v) is 2.85. The van der Waals surface area contributed by atoms with Crippen LogP contribution in [0.5, 0.6) is 0 Å². The lowest BCUT2D eigenvalue weighted by atomic mass is 10.1. The van der Waals surface area contributed by atoms with Gasteiger partial charge in [-0.2, -0.15) is 0 Å². The Balaban J connectivity index is 1.76. The first-order chi connectivity index (χ1) is 6.92. The zero-order valence-corrected chi connectivity index (χ0v) is 8.32. The minimum atomic E-state index is 0.239. The van der Waals surface area contributed by atoms with Gasteiger partial charge in [-0.05, 0) is 30.4 Å². The van der Waals surface area contributed by atoms with Crippen molar-refractivity contribution in [3.05, 3.63) is 35.9 Å². The van der Waals surface area contributed by atoms with Gasteiger partial charge in [0.1, 0.15) is 0 Å². The molecule has 0 radical (unpaired) electrons. The Kier molecular flexibility index (Phi) is 3.17. The average Bonchev–Trinajstić information content (AvgIpc) is 2.99. The fourth-order valence-electron chi connectivity index (χ4n) is 1.95. The van der Waals surface area contributed by atoms with Gasteiger partial charge < -0.3 is 10.4 Å². The van der Waals surface area contributed by atoms with Gasteiger partial charge in [-0.15, -0.1) is 0 Å². The Hall–Kier alpha value is -0.860. The van der Waals surface area contributed by atoms with Crippen LogP contribution in [0.15, 0.2) is 30.3 Å². The van der Waals surface area contributed by atoms with Crippen LogP contribution in [0.25, 0.3) is 0 Å². The van der Waals surface area contributed by atoms with Gasteiger partial charge in [0.15, 0.2) is 0 Å². The summed E-state index contributed by atoms with van der Waals surface area (Å²) < 4.78 is 0. The van der Waals surface area contributed by atoms with Crippen LogP contribution in [0.2, 0.25) is 0 Å². The predicted molar refractivity (Wildman–Crippen MR) is 57.2 cm³/mol. The molecule has 2 rings (SSSR count). The van der Waals surface area contributed by atoms with Gasteiger partial charge in [0.2, 0.25) is 0 Å². The molecule has 2 N–H and O–H groups in total. The molecule has 0 saturated heterocycles. The summed E-state index contributed by atoms with van der Waals surface area (Å²) in [7, 11) is 0. The van der Waals surface area contributed by atoms with Gasteiger partial charge >= 0.3 is 0 Å². The first kappa shape index (κ1) is 9.69. The van der Waals surface area contributed by atoms with Gasteiger partial charge in [-0.1, -0.05) is 30.3 Å². The number of aliphatic hydroxyl groups is 1. The average molecular weight is 191 g/mol. The summed E-state index contributed by atoms with van der Waals surface area (Å²) in [5.74, 6) is 1.53. The van der Waals surface area contributed by atoms with Gasteiger partial charge in [0, 0.05) is 6.54 Å². The number of nitrogens with one attached hydrogen (secondary N) is 1. The first-order valence-corrected chi connectivity index (χ1v) is 5.28. The first-order valence-electron chi connectivity index (χ1n) is 5.28. The van der Waals surface area contributed by atoms with E-state index in [9.17, 15) is 0 Å². The summed E-state index contributed by atoms with van der Waals surface area (Å²) in [6, 6.07) is 10.7. The fraction of sp³-hybridized carbons (Fsp3) is 0.500. The Labute approximate surface area is 85.0 Å². The maximum absolute atomic E-state index is 8.62. The van der Waals surface area contributed by atoms with Crippen molar-refractivity contribution in [3.63, 3.8) is 0 Å².